The van der Waals surface area contributed by atoms with Crippen molar-refractivity contribution in [1.82, 2.24) is 0 Å². The third-order valence-corrected chi connectivity index (χ3v) is 4.83. The van der Waals surface area contributed by atoms with E-state index in [1.165, 1.54) is 0 Å². The van der Waals surface area contributed by atoms with Gasteiger partial charge in [-0.3, -0.25) is 0 Å². The summed E-state index contributed by atoms with van der Waals surface area (Å²) >= 11 is 7.57. The molecule has 0 fully saturated rings. The van der Waals surface area contributed by atoms with E-state index in [4.69, 9.17) is 21.3 Å². The molecule has 4 heteroatoms. The number of ether oxygens (including phenoxy) is 1. The average molecular weight is 380 g/mol. The van der Waals surface area contributed by atoms with E-state index in [1.54, 1.807) is 18.0 Å². The highest BCUT2D eigenvalue weighted by molar-refractivity contribution is 8.14. The number of nitrogens with zero attached hydrogens (tertiary/aromatic N) is 1. The smallest absolute Gasteiger partial charge is 0.126 e. The summed E-state index contributed by atoms with van der Waals surface area (Å²) in [6, 6.07) is 27.3. The van der Waals surface area contributed by atoms with Crippen LogP contribution in [0.2, 0.25) is 5.02 Å². The Morgan fingerprint density at radius 2 is 1.50 bits per heavy atom. The molecule has 130 valence electrons. The predicted molar refractivity (Wildman–Crippen MR) is 112 cm³/mol. The molecular weight excluding hydrogens is 362 g/mol. The fourth-order valence-electron chi connectivity index (χ4n) is 2.13. The SMILES string of the molecule is CC(=C\Oc1ccccc1)/C(=N\c1ccccc1)Sc1ccc(Cl)cc1. The van der Waals surface area contributed by atoms with Crippen molar-refractivity contribution in [2.45, 2.75) is 11.8 Å². The molecule has 0 saturated carbocycles. The van der Waals surface area contributed by atoms with Gasteiger partial charge in [-0.15, -0.1) is 0 Å². The van der Waals surface area contributed by atoms with Gasteiger partial charge in [0, 0.05) is 15.5 Å². The Morgan fingerprint density at radius 3 is 2.15 bits per heavy atom. The number of para-hydroxylation sites is 2. The van der Waals surface area contributed by atoms with E-state index in [1.807, 2.05) is 91.9 Å². The predicted octanol–water partition coefficient (Wildman–Crippen LogP) is 7.15. The van der Waals surface area contributed by atoms with Crippen molar-refractivity contribution < 1.29 is 4.74 Å². The van der Waals surface area contributed by atoms with Crippen LogP contribution in [0.1, 0.15) is 6.92 Å². The second kappa shape index (κ2) is 9.27. The maximum Gasteiger partial charge on any atom is 0.126 e. The normalized spacial score (nSPS) is 12.1. The zero-order chi connectivity index (χ0) is 18.2. The van der Waals surface area contributed by atoms with Gasteiger partial charge in [0.25, 0.3) is 0 Å². The Hall–Kier alpha value is -2.49. The van der Waals surface area contributed by atoms with Gasteiger partial charge in [0.05, 0.1) is 11.9 Å². The molecule has 0 aromatic heterocycles. The fourth-order valence-corrected chi connectivity index (χ4v) is 3.11. The van der Waals surface area contributed by atoms with Crippen molar-refractivity contribution in [1.29, 1.82) is 0 Å². The highest BCUT2D eigenvalue weighted by atomic mass is 35.5. The van der Waals surface area contributed by atoms with E-state index in [-0.39, 0.29) is 0 Å². The molecule has 0 aliphatic heterocycles. The van der Waals surface area contributed by atoms with E-state index in [0.29, 0.717) is 0 Å². The van der Waals surface area contributed by atoms with Gasteiger partial charge in [-0.25, -0.2) is 4.99 Å². The van der Waals surface area contributed by atoms with Crippen LogP contribution in [-0.4, -0.2) is 5.04 Å². The minimum atomic E-state index is 0.718. The lowest BCUT2D eigenvalue weighted by Crippen LogP contribution is -1.97. The highest BCUT2D eigenvalue weighted by Crippen LogP contribution is 2.27. The molecule has 0 N–H and O–H groups in total. The summed E-state index contributed by atoms with van der Waals surface area (Å²) in [4.78, 5) is 5.85. The Labute approximate surface area is 163 Å². The Balaban J connectivity index is 1.86. The standard InChI is InChI=1S/C22H18ClNOS/c1-17(16-25-20-10-6-3-7-11-20)22(24-19-8-4-2-5-9-19)26-21-14-12-18(23)13-15-21/h2-16H,1H3/b17-16+,24-22+. The summed E-state index contributed by atoms with van der Waals surface area (Å²) in [7, 11) is 0. The van der Waals surface area contributed by atoms with Gasteiger partial charge in [0.15, 0.2) is 0 Å². The maximum absolute atomic E-state index is 5.99. The quantitative estimate of drug-likeness (QED) is 0.203. The van der Waals surface area contributed by atoms with Gasteiger partial charge >= 0.3 is 0 Å². The third kappa shape index (κ3) is 5.51. The highest BCUT2D eigenvalue weighted by Gasteiger charge is 2.07. The van der Waals surface area contributed by atoms with Gasteiger partial charge < -0.3 is 4.74 Å². The molecule has 0 atom stereocenters. The maximum atomic E-state index is 5.99. The molecule has 3 rings (SSSR count). The van der Waals surface area contributed by atoms with Crippen LogP contribution in [0, 0.1) is 0 Å². The van der Waals surface area contributed by atoms with Crippen LogP contribution >= 0.6 is 23.4 Å². The zero-order valence-corrected chi connectivity index (χ0v) is 15.9. The molecule has 0 bridgehead atoms. The van der Waals surface area contributed by atoms with Crippen LogP contribution in [0.25, 0.3) is 0 Å². The number of hydrogen-bond donors (Lipinski definition) is 0. The third-order valence-electron chi connectivity index (χ3n) is 3.47. The van der Waals surface area contributed by atoms with Gasteiger partial charge in [0.1, 0.15) is 10.8 Å². The van der Waals surface area contributed by atoms with E-state index in [9.17, 15) is 0 Å². The molecular formula is C22H18ClNOS. The summed E-state index contributed by atoms with van der Waals surface area (Å²) in [5.74, 6) is 0.794. The molecule has 2 nitrogen and oxygen atoms in total. The van der Waals surface area contributed by atoms with E-state index < -0.39 is 0 Å². The van der Waals surface area contributed by atoms with Crippen molar-refractivity contribution >= 4 is 34.1 Å². The van der Waals surface area contributed by atoms with Crippen LogP contribution in [0.4, 0.5) is 5.69 Å². The summed E-state index contributed by atoms with van der Waals surface area (Å²) in [5, 5.41) is 1.59. The molecule has 0 amide bonds. The molecule has 0 unspecified atom stereocenters. The number of rotatable bonds is 5. The van der Waals surface area contributed by atoms with E-state index in [2.05, 4.69) is 0 Å². The van der Waals surface area contributed by atoms with E-state index in [0.717, 1.165) is 32.0 Å². The van der Waals surface area contributed by atoms with Gasteiger partial charge in [-0.2, -0.15) is 0 Å². The second-order valence-electron chi connectivity index (χ2n) is 5.54. The topological polar surface area (TPSA) is 21.6 Å². The largest absolute Gasteiger partial charge is 0.465 e. The summed E-state index contributed by atoms with van der Waals surface area (Å²) in [5.41, 5.74) is 1.84. The first-order valence-electron chi connectivity index (χ1n) is 8.17. The number of thioether (sulfide) groups is 1. The minimum Gasteiger partial charge on any atom is -0.465 e. The van der Waals surface area contributed by atoms with Crippen molar-refractivity contribution in [3.8, 4) is 5.75 Å². The number of benzene rings is 3. The van der Waals surface area contributed by atoms with Crippen molar-refractivity contribution in [2.75, 3.05) is 0 Å². The van der Waals surface area contributed by atoms with Crippen LogP contribution in [-0.2, 0) is 0 Å². The van der Waals surface area contributed by atoms with Crippen LogP contribution in [0.15, 0.2) is 107 Å². The average Bonchev–Trinajstić information content (AvgIpc) is 2.69. The first-order valence-corrected chi connectivity index (χ1v) is 9.36. The number of aliphatic imine (C=N–C) groups is 1. The zero-order valence-electron chi connectivity index (χ0n) is 14.3. The Kier molecular flexibility index (Phi) is 6.53. The lowest BCUT2D eigenvalue weighted by atomic mass is 10.3. The molecule has 0 saturated heterocycles. The Morgan fingerprint density at radius 1 is 0.885 bits per heavy atom. The van der Waals surface area contributed by atoms with E-state index >= 15 is 0 Å². The number of hydrogen-bond acceptors (Lipinski definition) is 3. The molecule has 0 spiro atoms. The lowest BCUT2D eigenvalue weighted by Gasteiger charge is -2.08. The van der Waals surface area contributed by atoms with Crippen LogP contribution in [0.3, 0.4) is 0 Å². The lowest BCUT2D eigenvalue weighted by molar-refractivity contribution is 0.478. The monoisotopic (exact) mass is 379 g/mol. The second-order valence-corrected chi connectivity index (χ2v) is 7.04. The first kappa shape index (κ1) is 18.3. The Bertz CT molecular complexity index is 890. The van der Waals surface area contributed by atoms with Gasteiger partial charge in [-0.05, 0) is 55.5 Å². The summed E-state index contributed by atoms with van der Waals surface area (Å²) in [6.07, 6.45) is 1.74. The van der Waals surface area contributed by atoms with Gasteiger partial charge in [0.2, 0.25) is 0 Å². The number of halogens is 1. The molecule has 0 radical (unpaired) electrons. The molecule has 26 heavy (non-hydrogen) atoms. The van der Waals surface area contributed by atoms with Crippen molar-refractivity contribution in [3.63, 3.8) is 0 Å². The van der Waals surface area contributed by atoms with Gasteiger partial charge in [-0.1, -0.05) is 59.8 Å². The molecule has 0 aliphatic rings. The minimum absolute atomic E-state index is 0.718. The van der Waals surface area contributed by atoms with Crippen LogP contribution in [0.5, 0.6) is 5.75 Å². The molecule has 3 aromatic carbocycles. The fraction of sp³-hybridized carbons (Fsp3) is 0.0455. The summed E-state index contributed by atoms with van der Waals surface area (Å²) < 4.78 is 5.77. The molecule has 0 heterocycles. The molecule has 3 aromatic rings. The first-order chi connectivity index (χ1) is 12.7. The van der Waals surface area contributed by atoms with Crippen LogP contribution < -0.4 is 4.74 Å². The van der Waals surface area contributed by atoms with Crippen molar-refractivity contribution in [2.24, 2.45) is 4.99 Å². The van der Waals surface area contributed by atoms with Crippen molar-refractivity contribution in [3.05, 3.63) is 102 Å². The molecule has 0 aliphatic carbocycles. The summed E-state index contributed by atoms with van der Waals surface area (Å²) in [6.45, 7) is 1.99.